The van der Waals surface area contributed by atoms with E-state index >= 15 is 0 Å². The third-order valence-electron chi connectivity index (χ3n) is 3.25. The minimum atomic E-state index is -0.234. The van der Waals surface area contributed by atoms with Crippen LogP contribution in [0.2, 0.25) is 0 Å². The molecule has 2 aromatic rings. The summed E-state index contributed by atoms with van der Waals surface area (Å²) in [6.07, 6.45) is 0.914. The second kappa shape index (κ2) is 6.86. The normalized spacial score (nSPS) is 12.3. The first-order chi connectivity index (χ1) is 9.60. The van der Waals surface area contributed by atoms with Crippen LogP contribution >= 0.6 is 15.9 Å². The van der Waals surface area contributed by atoms with Crippen molar-refractivity contribution < 1.29 is 9.50 Å². The fraction of sp³-hybridized carbons (Fsp3) is 0.250. The van der Waals surface area contributed by atoms with Crippen LogP contribution in [-0.2, 0) is 6.54 Å². The smallest absolute Gasteiger partial charge is 0.123 e. The molecule has 0 heterocycles. The number of rotatable bonds is 5. The number of benzene rings is 2. The largest absolute Gasteiger partial charge is 0.508 e. The van der Waals surface area contributed by atoms with Gasteiger partial charge in [-0.2, -0.15) is 0 Å². The molecule has 0 fully saturated rings. The Balaban J connectivity index is 2.07. The van der Waals surface area contributed by atoms with E-state index in [9.17, 15) is 9.50 Å². The van der Waals surface area contributed by atoms with Gasteiger partial charge in [-0.1, -0.05) is 35.0 Å². The standard InChI is InChI=1S/C16H17BrFNO/c1-2-16(11-3-6-14(20)7-4-11)19-10-12-9-13(18)5-8-15(12)17/h3-9,16,19-20H,2,10H2,1H3. The van der Waals surface area contributed by atoms with Crippen LogP contribution in [0.15, 0.2) is 46.9 Å². The molecule has 2 nitrogen and oxygen atoms in total. The monoisotopic (exact) mass is 337 g/mol. The highest BCUT2D eigenvalue weighted by atomic mass is 79.9. The molecule has 1 unspecified atom stereocenters. The SMILES string of the molecule is CCC(NCc1cc(F)ccc1Br)c1ccc(O)cc1. The molecular weight excluding hydrogens is 321 g/mol. The zero-order chi connectivity index (χ0) is 14.5. The van der Waals surface area contributed by atoms with Crippen molar-refractivity contribution in [2.45, 2.75) is 25.9 Å². The molecule has 0 aromatic heterocycles. The minimum Gasteiger partial charge on any atom is -0.508 e. The van der Waals surface area contributed by atoms with Crippen LogP contribution < -0.4 is 5.32 Å². The van der Waals surface area contributed by atoms with Gasteiger partial charge in [-0.25, -0.2) is 4.39 Å². The lowest BCUT2D eigenvalue weighted by Crippen LogP contribution is -2.20. The molecule has 0 amide bonds. The van der Waals surface area contributed by atoms with E-state index in [-0.39, 0.29) is 17.6 Å². The molecule has 0 aliphatic heterocycles. The van der Waals surface area contributed by atoms with Crippen LogP contribution in [-0.4, -0.2) is 5.11 Å². The first-order valence-electron chi connectivity index (χ1n) is 6.56. The van der Waals surface area contributed by atoms with Crippen molar-refractivity contribution in [3.63, 3.8) is 0 Å². The summed E-state index contributed by atoms with van der Waals surface area (Å²) in [5.41, 5.74) is 2.00. The van der Waals surface area contributed by atoms with Gasteiger partial charge in [-0.3, -0.25) is 0 Å². The van der Waals surface area contributed by atoms with Crippen LogP contribution in [0, 0.1) is 5.82 Å². The molecule has 0 saturated heterocycles. The van der Waals surface area contributed by atoms with E-state index in [1.807, 2.05) is 12.1 Å². The predicted octanol–water partition coefficient (Wildman–Crippen LogP) is 4.53. The molecule has 2 aromatic carbocycles. The maximum Gasteiger partial charge on any atom is 0.123 e. The summed E-state index contributed by atoms with van der Waals surface area (Å²) >= 11 is 3.43. The van der Waals surface area contributed by atoms with Gasteiger partial charge >= 0.3 is 0 Å². The molecule has 2 rings (SSSR count). The molecule has 2 N–H and O–H groups in total. The van der Waals surface area contributed by atoms with E-state index in [1.54, 1.807) is 18.2 Å². The minimum absolute atomic E-state index is 0.172. The van der Waals surface area contributed by atoms with Crippen molar-refractivity contribution >= 4 is 15.9 Å². The molecule has 0 saturated carbocycles. The summed E-state index contributed by atoms with van der Waals surface area (Å²) in [4.78, 5) is 0. The van der Waals surface area contributed by atoms with Crippen LogP contribution in [0.4, 0.5) is 4.39 Å². The molecular formula is C16H17BrFNO. The Morgan fingerprint density at radius 3 is 2.55 bits per heavy atom. The highest BCUT2D eigenvalue weighted by Gasteiger charge is 2.10. The van der Waals surface area contributed by atoms with Gasteiger partial charge in [0.25, 0.3) is 0 Å². The highest BCUT2D eigenvalue weighted by Crippen LogP contribution is 2.22. The quantitative estimate of drug-likeness (QED) is 0.839. The lowest BCUT2D eigenvalue weighted by Gasteiger charge is -2.18. The molecule has 1 atom stereocenters. The van der Waals surface area contributed by atoms with Crippen molar-refractivity contribution in [1.82, 2.24) is 5.32 Å². The van der Waals surface area contributed by atoms with Gasteiger partial charge in [0.15, 0.2) is 0 Å². The van der Waals surface area contributed by atoms with Crippen LogP contribution in [0.5, 0.6) is 5.75 Å². The van der Waals surface area contributed by atoms with Crippen LogP contribution in [0.25, 0.3) is 0 Å². The first-order valence-corrected chi connectivity index (χ1v) is 7.35. The van der Waals surface area contributed by atoms with Crippen molar-refractivity contribution in [3.8, 4) is 5.75 Å². The molecule has 0 aliphatic rings. The highest BCUT2D eigenvalue weighted by molar-refractivity contribution is 9.10. The molecule has 0 aliphatic carbocycles. The van der Waals surface area contributed by atoms with Gasteiger partial charge in [-0.05, 0) is 47.9 Å². The van der Waals surface area contributed by atoms with Crippen LogP contribution in [0.3, 0.4) is 0 Å². The average Bonchev–Trinajstić information content (AvgIpc) is 2.45. The van der Waals surface area contributed by atoms with E-state index in [2.05, 4.69) is 28.2 Å². The van der Waals surface area contributed by atoms with E-state index in [4.69, 9.17) is 0 Å². The number of hydrogen-bond acceptors (Lipinski definition) is 2. The molecule has 20 heavy (non-hydrogen) atoms. The van der Waals surface area contributed by atoms with Gasteiger partial charge in [0, 0.05) is 17.1 Å². The second-order valence-electron chi connectivity index (χ2n) is 4.67. The zero-order valence-corrected chi connectivity index (χ0v) is 12.8. The van der Waals surface area contributed by atoms with Crippen LogP contribution in [0.1, 0.15) is 30.5 Å². The van der Waals surface area contributed by atoms with Crippen molar-refractivity contribution in [1.29, 1.82) is 0 Å². The molecule has 0 bridgehead atoms. The zero-order valence-electron chi connectivity index (χ0n) is 11.2. The summed E-state index contributed by atoms with van der Waals surface area (Å²) in [6.45, 7) is 2.67. The third kappa shape index (κ3) is 3.81. The molecule has 4 heteroatoms. The number of aromatic hydroxyl groups is 1. The number of hydrogen-bond donors (Lipinski definition) is 2. The topological polar surface area (TPSA) is 32.3 Å². The summed E-state index contributed by atoms with van der Waals surface area (Å²) in [6, 6.07) is 12.0. The van der Waals surface area contributed by atoms with Crippen molar-refractivity contribution in [2.24, 2.45) is 0 Å². The Hall–Kier alpha value is -1.39. The van der Waals surface area contributed by atoms with E-state index in [1.165, 1.54) is 12.1 Å². The number of halogens is 2. The fourth-order valence-electron chi connectivity index (χ4n) is 2.12. The molecule has 106 valence electrons. The van der Waals surface area contributed by atoms with Gasteiger partial charge in [0.1, 0.15) is 11.6 Å². The average molecular weight is 338 g/mol. The Kier molecular flexibility index (Phi) is 5.15. The lowest BCUT2D eigenvalue weighted by atomic mass is 10.0. The summed E-state index contributed by atoms with van der Waals surface area (Å²) in [5.74, 6) is 0.0270. The maximum atomic E-state index is 13.2. The Morgan fingerprint density at radius 2 is 1.90 bits per heavy atom. The van der Waals surface area contributed by atoms with Crippen molar-refractivity contribution in [2.75, 3.05) is 0 Å². The predicted molar refractivity (Wildman–Crippen MR) is 82.1 cm³/mol. The first kappa shape index (κ1) is 15.0. The van der Waals surface area contributed by atoms with Gasteiger partial charge in [-0.15, -0.1) is 0 Å². The third-order valence-corrected chi connectivity index (χ3v) is 4.02. The van der Waals surface area contributed by atoms with Crippen molar-refractivity contribution in [3.05, 3.63) is 63.9 Å². The van der Waals surface area contributed by atoms with E-state index in [0.29, 0.717) is 6.54 Å². The molecule has 0 radical (unpaired) electrons. The maximum absolute atomic E-state index is 13.2. The Bertz CT molecular complexity index is 571. The van der Waals surface area contributed by atoms with Gasteiger partial charge < -0.3 is 10.4 Å². The number of nitrogens with one attached hydrogen (secondary N) is 1. The fourth-order valence-corrected chi connectivity index (χ4v) is 2.50. The number of phenolic OH excluding ortho intramolecular Hbond substituents is 1. The van der Waals surface area contributed by atoms with E-state index < -0.39 is 0 Å². The number of phenols is 1. The Morgan fingerprint density at radius 1 is 1.20 bits per heavy atom. The van der Waals surface area contributed by atoms with E-state index in [0.717, 1.165) is 22.0 Å². The van der Waals surface area contributed by atoms with Gasteiger partial charge in [0.05, 0.1) is 0 Å². The summed E-state index contributed by atoms with van der Waals surface area (Å²) < 4.78 is 14.1. The lowest BCUT2D eigenvalue weighted by molar-refractivity contribution is 0.473. The summed E-state index contributed by atoms with van der Waals surface area (Å²) in [5, 5.41) is 12.7. The van der Waals surface area contributed by atoms with Gasteiger partial charge in [0.2, 0.25) is 0 Å². The second-order valence-corrected chi connectivity index (χ2v) is 5.52. The summed E-state index contributed by atoms with van der Waals surface area (Å²) in [7, 11) is 0. The molecule has 0 spiro atoms. The Labute approximate surface area is 126 Å².